The number of carbonyl (C=O) groups is 1. The fourth-order valence-corrected chi connectivity index (χ4v) is 1.58. The van der Waals surface area contributed by atoms with Gasteiger partial charge in [0.05, 0.1) is 12.2 Å². The van der Waals surface area contributed by atoms with E-state index in [9.17, 15) is 4.79 Å². The highest BCUT2D eigenvalue weighted by Crippen LogP contribution is 2.13. The number of allylic oxidation sites excluding steroid dienone is 1. The quantitative estimate of drug-likeness (QED) is 0.559. The van der Waals surface area contributed by atoms with Gasteiger partial charge in [0.15, 0.2) is 0 Å². The van der Waals surface area contributed by atoms with Crippen molar-refractivity contribution in [1.29, 1.82) is 0 Å². The summed E-state index contributed by atoms with van der Waals surface area (Å²) in [6, 6.07) is 10.0. The lowest BCUT2D eigenvalue weighted by atomic mass is 10.2. The first-order chi connectivity index (χ1) is 8.13. The number of anilines is 1. The molecule has 0 bridgehead atoms. The fourth-order valence-electron chi connectivity index (χ4n) is 1.58. The molecule has 0 aliphatic rings. The first-order valence-electron chi connectivity index (χ1n) is 5.79. The van der Waals surface area contributed by atoms with Gasteiger partial charge < -0.3 is 9.64 Å². The van der Waals surface area contributed by atoms with Gasteiger partial charge in [-0.3, -0.25) is 4.79 Å². The summed E-state index contributed by atoms with van der Waals surface area (Å²) >= 11 is 0. The van der Waals surface area contributed by atoms with Crippen LogP contribution < -0.4 is 4.90 Å². The number of rotatable bonds is 6. The molecule has 0 saturated carbocycles. The van der Waals surface area contributed by atoms with Crippen LogP contribution in [-0.4, -0.2) is 19.1 Å². The fraction of sp³-hybridized carbons (Fsp3) is 0.357. The zero-order valence-corrected chi connectivity index (χ0v) is 10.5. The first-order valence-corrected chi connectivity index (χ1v) is 5.79. The second-order valence-corrected chi connectivity index (χ2v) is 3.84. The third-order valence-electron chi connectivity index (χ3n) is 2.38. The Balaban J connectivity index is 2.49. The topological polar surface area (TPSA) is 29.5 Å². The Morgan fingerprint density at radius 2 is 2.00 bits per heavy atom. The smallest absolute Gasteiger partial charge is 0.312 e. The molecule has 1 aromatic rings. The van der Waals surface area contributed by atoms with Crippen LogP contribution in [-0.2, 0) is 9.53 Å². The minimum atomic E-state index is -0.230. The molecule has 0 aliphatic heterocycles. The number of hydrogen-bond acceptors (Lipinski definition) is 3. The highest BCUT2D eigenvalue weighted by atomic mass is 16.5. The molecule has 0 aliphatic carbocycles. The van der Waals surface area contributed by atoms with Crippen LogP contribution in [0.25, 0.3) is 0 Å². The van der Waals surface area contributed by atoms with Gasteiger partial charge in [0, 0.05) is 18.8 Å². The molecule has 0 spiro atoms. The van der Waals surface area contributed by atoms with Gasteiger partial charge in [0.1, 0.15) is 0 Å². The molecule has 0 N–H and O–H groups in total. The van der Waals surface area contributed by atoms with E-state index in [0.717, 1.165) is 12.2 Å². The summed E-state index contributed by atoms with van der Waals surface area (Å²) < 4.78 is 4.92. The molecule has 0 atom stereocenters. The third kappa shape index (κ3) is 4.72. The molecule has 0 heterocycles. The number of hydrogen-bond donors (Lipinski definition) is 0. The Kier molecular flexibility index (Phi) is 5.27. The van der Waals surface area contributed by atoms with E-state index in [1.807, 2.05) is 30.3 Å². The maximum Gasteiger partial charge on any atom is 0.312 e. The van der Waals surface area contributed by atoms with Crippen LogP contribution in [0.2, 0.25) is 0 Å². The molecule has 0 unspecified atom stereocenters. The van der Waals surface area contributed by atoms with Crippen molar-refractivity contribution < 1.29 is 9.53 Å². The maximum atomic E-state index is 11.4. The van der Waals surface area contributed by atoms with Crippen LogP contribution in [0.1, 0.15) is 20.3 Å². The van der Waals surface area contributed by atoms with Crippen molar-refractivity contribution in [3.05, 3.63) is 42.7 Å². The van der Waals surface area contributed by atoms with Crippen LogP contribution in [0, 0.1) is 0 Å². The Hall–Kier alpha value is -1.77. The van der Waals surface area contributed by atoms with Crippen LogP contribution in [0.3, 0.4) is 0 Å². The van der Waals surface area contributed by atoms with Gasteiger partial charge in [-0.2, -0.15) is 0 Å². The van der Waals surface area contributed by atoms with E-state index in [0.29, 0.717) is 18.7 Å². The number of esters is 1. The van der Waals surface area contributed by atoms with E-state index >= 15 is 0 Å². The van der Waals surface area contributed by atoms with Gasteiger partial charge in [-0.05, 0) is 26.0 Å². The number of carbonyl (C=O) groups excluding carboxylic acids is 1. The number of ether oxygens (including phenoxy) is 1. The Morgan fingerprint density at radius 3 is 2.53 bits per heavy atom. The van der Waals surface area contributed by atoms with Crippen molar-refractivity contribution in [3.63, 3.8) is 0 Å². The highest BCUT2D eigenvalue weighted by Gasteiger charge is 2.08. The molecule has 17 heavy (non-hydrogen) atoms. The predicted octanol–water partition coefficient (Wildman–Crippen LogP) is 2.98. The van der Waals surface area contributed by atoms with Crippen molar-refractivity contribution in [2.75, 3.05) is 18.0 Å². The van der Waals surface area contributed by atoms with Gasteiger partial charge in [-0.25, -0.2) is 0 Å². The molecule has 0 amide bonds. The van der Waals surface area contributed by atoms with Crippen LogP contribution >= 0.6 is 0 Å². The zero-order chi connectivity index (χ0) is 12.7. The molecule has 0 saturated heterocycles. The molecule has 3 nitrogen and oxygen atoms in total. The monoisotopic (exact) mass is 233 g/mol. The van der Waals surface area contributed by atoms with E-state index in [2.05, 4.69) is 18.4 Å². The normalized spacial score (nSPS) is 9.76. The standard InChI is InChI=1S/C14H19NO2/c1-4-15(13-8-6-5-7-9-13)11-10-14(16)17-12(2)3/h5-9H,2,4,10-11H2,1,3H3. The van der Waals surface area contributed by atoms with Gasteiger partial charge in [0.2, 0.25) is 0 Å². The van der Waals surface area contributed by atoms with Crippen molar-refractivity contribution in [2.24, 2.45) is 0 Å². The summed E-state index contributed by atoms with van der Waals surface area (Å²) in [7, 11) is 0. The predicted molar refractivity (Wildman–Crippen MR) is 69.9 cm³/mol. The van der Waals surface area contributed by atoms with Crippen molar-refractivity contribution >= 4 is 11.7 Å². The maximum absolute atomic E-state index is 11.4. The SMILES string of the molecule is C=C(C)OC(=O)CCN(CC)c1ccccc1. The molecule has 3 heteroatoms. The van der Waals surface area contributed by atoms with Gasteiger partial charge in [0.25, 0.3) is 0 Å². The second kappa shape index (κ2) is 6.74. The lowest BCUT2D eigenvalue weighted by Gasteiger charge is -2.22. The highest BCUT2D eigenvalue weighted by molar-refractivity contribution is 5.71. The van der Waals surface area contributed by atoms with E-state index in [1.54, 1.807) is 6.92 Å². The molecule has 1 aromatic carbocycles. The molecule has 0 aromatic heterocycles. The number of para-hydroxylation sites is 1. The molecule has 0 radical (unpaired) electrons. The largest absolute Gasteiger partial charge is 0.432 e. The van der Waals surface area contributed by atoms with Crippen LogP contribution in [0.4, 0.5) is 5.69 Å². The van der Waals surface area contributed by atoms with Crippen molar-refractivity contribution in [3.8, 4) is 0 Å². The lowest BCUT2D eigenvalue weighted by molar-refractivity contribution is -0.139. The third-order valence-corrected chi connectivity index (χ3v) is 2.38. The van der Waals surface area contributed by atoms with Crippen molar-refractivity contribution in [1.82, 2.24) is 0 Å². The average Bonchev–Trinajstić information content (AvgIpc) is 2.30. The molecule has 0 fully saturated rings. The van der Waals surface area contributed by atoms with E-state index in [1.165, 1.54) is 0 Å². The molecule has 1 rings (SSSR count). The second-order valence-electron chi connectivity index (χ2n) is 3.84. The average molecular weight is 233 g/mol. The molecular formula is C14H19NO2. The van der Waals surface area contributed by atoms with Crippen molar-refractivity contribution in [2.45, 2.75) is 20.3 Å². The van der Waals surface area contributed by atoms with Gasteiger partial charge in [-0.15, -0.1) is 0 Å². The first kappa shape index (κ1) is 13.3. The summed E-state index contributed by atoms with van der Waals surface area (Å²) in [6.07, 6.45) is 0.371. The minimum Gasteiger partial charge on any atom is -0.432 e. The molecular weight excluding hydrogens is 214 g/mol. The van der Waals surface area contributed by atoms with E-state index in [4.69, 9.17) is 4.74 Å². The summed E-state index contributed by atoms with van der Waals surface area (Å²) in [6.45, 7) is 8.81. The van der Waals surface area contributed by atoms with Crippen LogP contribution in [0.15, 0.2) is 42.7 Å². The number of nitrogens with zero attached hydrogens (tertiary/aromatic N) is 1. The molecule has 92 valence electrons. The summed E-state index contributed by atoms with van der Waals surface area (Å²) in [4.78, 5) is 13.5. The Bertz CT molecular complexity index is 373. The Morgan fingerprint density at radius 1 is 1.35 bits per heavy atom. The van der Waals surface area contributed by atoms with E-state index < -0.39 is 0 Å². The minimum absolute atomic E-state index is 0.230. The van der Waals surface area contributed by atoms with Crippen LogP contribution in [0.5, 0.6) is 0 Å². The van der Waals surface area contributed by atoms with E-state index in [-0.39, 0.29) is 5.97 Å². The van der Waals surface area contributed by atoms with Gasteiger partial charge >= 0.3 is 5.97 Å². The Labute approximate surface area is 103 Å². The summed E-state index contributed by atoms with van der Waals surface area (Å²) in [5, 5.41) is 0. The van der Waals surface area contributed by atoms with Gasteiger partial charge in [-0.1, -0.05) is 24.8 Å². The lowest BCUT2D eigenvalue weighted by Crippen LogP contribution is -2.26. The summed E-state index contributed by atoms with van der Waals surface area (Å²) in [5.74, 6) is 0.213. The number of benzene rings is 1. The zero-order valence-electron chi connectivity index (χ0n) is 10.5. The summed E-state index contributed by atoms with van der Waals surface area (Å²) in [5.41, 5.74) is 1.12.